The zero-order valence-electron chi connectivity index (χ0n) is 13.4. The molecule has 4 nitrogen and oxygen atoms in total. The van der Waals surface area contributed by atoms with Gasteiger partial charge in [-0.3, -0.25) is 9.59 Å². The highest BCUT2D eigenvalue weighted by molar-refractivity contribution is 5.72. The summed E-state index contributed by atoms with van der Waals surface area (Å²) in [6.07, 6.45) is 4.88. The van der Waals surface area contributed by atoms with Crippen LogP contribution in [-0.4, -0.2) is 24.6 Å². The first kappa shape index (κ1) is 18.9. The standard InChI is InChI=1S/C16H30O4/c1-5-6-12-19-15(17)8-7-9-16(18)20-14(4)11-10-13(2)3/h13-14H,5-12H2,1-4H3. The van der Waals surface area contributed by atoms with Crippen molar-refractivity contribution >= 4 is 11.9 Å². The number of rotatable bonds is 11. The summed E-state index contributed by atoms with van der Waals surface area (Å²) < 4.78 is 10.3. The van der Waals surface area contributed by atoms with Crippen LogP contribution in [0.1, 0.15) is 72.6 Å². The van der Waals surface area contributed by atoms with Crippen molar-refractivity contribution in [1.82, 2.24) is 0 Å². The molecule has 0 radical (unpaired) electrons. The number of ether oxygens (including phenoxy) is 2. The largest absolute Gasteiger partial charge is 0.466 e. The second-order valence-electron chi connectivity index (χ2n) is 5.70. The summed E-state index contributed by atoms with van der Waals surface area (Å²) >= 11 is 0. The van der Waals surface area contributed by atoms with E-state index in [0.717, 1.165) is 25.7 Å². The van der Waals surface area contributed by atoms with Gasteiger partial charge in [0.05, 0.1) is 12.7 Å². The van der Waals surface area contributed by atoms with Gasteiger partial charge in [0.1, 0.15) is 0 Å². The average molecular weight is 286 g/mol. The molecular formula is C16H30O4. The smallest absolute Gasteiger partial charge is 0.306 e. The van der Waals surface area contributed by atoms with Crippen molar-refractivity contribution in [3.63, 3.8) is 0 Å². The van der Waals surface area contributed by atoms with Crippen LogP contribution in [0, 0.1) is 5.92 Å². The summed E-state index contributed by atoms with van der Waals surface area (Å²) in [5, 5.41) is 0. The molecule has 0 saturated carbocycles. The Bertz CT molecular complexity index is 274. The number of hydrogen-bond donors (Lipinski definition) is 0. The van der Waals surface area contributed by atoms with E-state index in [1.165, 1.54) is 0 Å². The molecule has 0 aromatic heterocycles. The lowest BCUT2D eigenvalue weighted by Crippen LogP contribution is -2.16. The third-order valence-corrected chi connectivity index (χ3v) is 3.01. The molecule has 0 aromatic rings. The minimum Gasteiger partial charge on any atom is -0.466 e. The summed E-state index contributed by atoms with van der Waals surface area (Å²) in [5.41, 5.74) is 0. The van der Waals surface area contributed by atoms with Crippen LogP contribution in [0.5, 0.6) is 0 Å². The molecule has 0 aliphatic carbocycles. The van der Waals surface area contributed by atoms with E-state index in [1.807, 2.05) is 13.8 Å². The molecule has 4 heteroatoms. The molecule has 20 heavy (non-hydrogen) atoms. The molecule has 118 valence electrons. The summed E-state index contributed by atoms with van der Waals surface area (Å²) in [6.45, 7) is 8.74. The summed E-state index contributed by atoms with van der Waals surface area (Å²) in [7, 11) is 0. The van der Waals surface area contributed by atoms with Crippen molar-refractivity contribution in [2.45, 2.75) is 78.7 Å². The van der Waals surface area contributed by atoms with E-state index < -0.39 is 0 Å². The fraction of sp³-hybridized carbons (Fsp3) is 0.875. The zero-order chi connectivity index (χ0) is 15.4. The molecule has 1 atom stereocenters. The lowest BCUT2D eigenvalue weighted by molar-refractivity contribution is -0.149. The minimum absolute atomic E-state index is 0.0404. The highest BCUT2D eigenvalue weighted by Gasteiger charge is 2.11. The highest BCUT2D eigenvalue weighted by atomic mass is 16.5. The molecular weight excluding hydrogens is 256 g/mol. The number of carbonyl (C=O) groups is 2. The van der Waals surface area contributed by atoms with Gasteiger partial charge in [0.25, 0.3) is 0 Å². The van der Waals surface area contributed by atoms with Crippen molar-refractivity contribution in [3.05, 3.63) is 0 Å². The fourth-order valence-electron chi connectivity index (χ4n) is 1.69. The van der Waals surface area contributed by atoms with Crippen LogP contribution >= 0.6 is 0 Å². The molecule has 0 heterocycles. The van der Waals surface area contributed by atoms with Crippen molar-refractivity contribution < 1.29 is 19.1 Å². The van der Waals surface area contributed by atoms with Gasteiger partial charge in [-0.05, 0) is 38.5 Å². The predicted molar refractivity (Wildman–Crippen MR) is 79.3 cm³/mol. The zero-order valence-corrected chi connectivity index (χ0v) is 13.4. The van der Waals surface area contributed by atoms with E-state index in [1.54, 1.807) is 0 Å². The minimum atomic E-state index is -0.223. The van der Waals surface area contributed by atoms with Crippen LogP contribution in [0.2, 0.25) is 0 Å². The number of unbranched alkanes of at least 4 members (excludes halogenated alkanes) is 1. The van der Waals surface area contributed by atoms with Crippen LogP contribution in [0.4, 0.5) is 0 Å². The van der Waals surface area contributed by atoms with Gasteiger partial charge in [-0.2, -0.15) is 0 Å². The molecule has 0 aliphatic heterocycles. The number of esters is 2. The van der Waals surface area contributed by atoms with Gasteiger partial charge in [-0.1, -0.05) is 27.2 Å². The van der Waals surface area contributed by atoms with Crippen LogP contribution in [-0.2, 0) is 19.1 Å². The van der Waals surface area contributed by atoms with Crippen molar-refractivity contribution in [2.24, 2.45) is 5.92 Å². The third kappa shape index (κ3) is 12.0. The normalized spacial score (nSPS) is 12.2. The lowest BCUT2D eigenvalue weighted by Gasteiger charge is -2.14. The lowest BCUT2D eigenvalue weighted by atomic mass is 10.1. The Morgan fingerprint density at radius 3 is 2.20 bits per heavy atom. The Morgan fingerprint density at radius 2 is 1.60 bits per heavy atom. The molecule has 0 amide bonds. The summed E-state index contributed by atoms with van der Waals surface area (Å²) in [5.74, 6) is 0.177. The Labute approximate surface area is 123 Å². The quantitative estimate of drug-likeness (QED) is 0.427. The maximum atomic E-state index is 11.6. The SMILES string of the molecule is CCCCOC(=O)CCCC(=O)OC(C)CCC(C)C. The van der Waals surface area contributed by atoms with Gasteiger partial charge in [0.2, 0.25) is 0 Å². The molecule has 0 bridgehead atoms. The van der Waals surface area contributed by atoms with Gasteiger partial charge in [0, 0.05) is 12.8 Å². The molecule has 0 N–H and O–H groups in total. The van der Waals surface area contributed by atoms with Crippen LogP contribution in [0.3, 0.4) is 0 Å². The van der Waals surface area contributed by atoms with Crippen molar-refractivity contribution in [3.8, 4) is 0 Å². The second kappa shape index (κ2) is 11.7. The molecule has 0 aliphatic rings. The molecule has 0 spiro atoms. The second-order valence-corrected chi connectivity index (χ2v) is 5.70. The first-order valence-corrected chi connectivity index (χ1v) is 7.80. The van der Waals surface area contributed by atoms with E-state index in [2.05, 4.69) is 13.8 Å². The van der Waals surface area contributed by atoms with Crippen LogP contribution < -0.4 is 0 Å². The van der Waals surface area contributed by atoms with E-state index in [4.69, 9.17) is 9.47 Å². The number of carbonyl (C=O) groups excluding carboxylic acids is 2. The third-order valence-electron chi connectivity index (χ3n) is 3.01. The van der Waals surface area contributed by atoms with E-state index >= 15 is 0 Å². The maximum absolute atomic E-state index is 11.6. The Kier molecular flexibility index (Phi) is 11.1. The van der Waals surface area contributed by atoms with E-state index in [-0.39, 0.29) is 24.5 Å². The average Bonchev–Trinajstić information content (AvgIpc) is 2.36. The van der Waals surface area contributed by atoms with E-state index in [9.17, 15) is 9.59 Å². The molecule has 0 saturated heterocycles. The number of hydrogen-bond acceptors (Lipinski definition) is 4. The fourth-order valence-corrected chi connectivity index (χ4v) is 1.69. The Hall–Kier alpha value is -1.06. The highest BCUT2D eigenvalue weighted by Crippen LogP contribution is 2.10. The first-order chi connectivity index (χ1) is 9.45. The Balaban J connectivity index is 3.59. The molecule has 0 rings (SSSR count). The topological polar surface area (TPSA) is 52.6 Å². The molecule has 0 aromatic carbocycles. The predicted octanol–water partition coefficient (Wildman–Crippen LogP) is 3.87. The van der Waals surface area contributed by atoms with Crippen molar-refractivity contribution in [1.29, 1.82) is 0 Å². The summed E-state index contributed by atoms with van der Waals surface area (Å²) in [4.78, 5) is 22.9. The monoisotopic (exact) mass is 286 g/mol. The van der Waals surface area contributed by atoms with E-state index in [0.29, 0.717) is 25.4 Å². The van der Waals surface area contributed by atoms with Crippen molar-refractivity contribution in [2.75, 3.05) is 6.61 Å². The van der Waals surface area contributed by atoms with Crippen LogP contribution in [0.15, 0.2) is 0 Å². The van der Waals surface area contributed by atoms with Crippen LogP contribution in [0.25, 0.3) is 0 Å². The molecule has 1 unspecified atom stereocenters. The summed E-state index contributed by atoms with van der Waals surface area (Å²) in [6, 6.07) is 0. The molecule has 0 fully saturated rings. The maximum Gasteiger partial charge on any atom is 0.306 e. The Morgan fingerprint density at radius 1 is 0.950 bits per heavy atom. The first-order valence-electron chi connectivity index (χ1n) is 7.80. The van der Waals surface area contributed by atoms with Gasteiger partial charge in [-0.15, -0.1) is 0 Å². The van der Waals surface area contributed by atoms with Gasteiger partial charge >= 0.3 is 11.9 Å². The van der Waals surface area contributed by atoms with Gasteiger partial charge < -0.3 is 9.47 Å². The van der Waals surface area contributed by atoms with Gasteiger partial charge in [0.15, 0.2) is 0 Å². The van der Waals surface area contributed by atoms with Gasteiger partial charge in [-0.25, -0.2) is 0 Å².